The first-order valence-electron chi connectivity index (χ1n) is 10.6. The minimum absolute atomic E-state index is 0.448. The molecule has 140 valence electrons. The maximum Gasteiger partial charge on any atom is 0.0245 e. The van der Waals surface area contributed by atoms with E-state index in [9.17, 15) is 0 Å². The fourth-order valence-corrected chi connectivity index (χ4v) is 4.11. The average molecular weight is 357 g/mol. The maximum atomic E-state index is 3.94. The molecular formula is C27H32. The van der Waals surface area contributed by atoms with Gasteiger partial charge in [0.25, 0.3) is 0 Å². The van der Waals surface area contributed by atoms with Crippen molar-refractivity contribution in [3.8, 4) is 23.0 Å². The van der Waals surface area contributed by atoms with Gasteiger partial charge >= 0.3 is 0 Å². The molecule has 0 bridgehead atoms. The summed E-state index contributed by atoms with van der Waals surface area (Å²) in [7, 11) is 0. The third-order valence-electron chi connectivity index (χ3n) is 6.13. The Labute approximate surface area is 165 Å². The third-order valence-corrected chi connectivity index (χ3v) is 6.13. The molecule has 0 radical (unpaired) electrons. The van der Waals surface area contributed by atoms with Crippen LogP contribution >= 0.6 is 0 Å². The molecule has 2 aromatic carbocycles. The molecule has 0 heteroatoms. The quantitative estimate of drug-likeness (QED) is 0.382. The molecule has 0 N–H and O–H groups in total. The molecule has 1 atom stereocenters. The molecule has 0 aromatic heterocycles. The second kappa shape index (κ2) is 9.61. The highest BCUT2D eigenvalue weighted by atomic mass is 14.2. The first kappa shape index (κ1) is 19.5. The molecule has 1 saturated carbocycles. The Morgan fingerprint density at radius 2 is 1.52 bits per heavy atom. The highest BCUT2D eigenvalue weighted by Crippen LogP contribution is 2.30. The molecule has 3 rings (SSSR count). The second-order valence-corrected chi connectivity index (χ2v) is 7.85. The van der Waals surface area contributed by atoms with Crippen LogP contribution in [0.3, 0.4) is 0 Å². The SMILES string of the molecule is C=CC(CC)c1ccc(-c2ccc(C#CC3CCC(CC)CC3)cc2)cc1. The van der Waals surface area contributed by atoms with Crippen LogP contribution in [0.25, 0.3) is 11.1 Å². The summed E-state index contributed by atoms with van der Waals surface area (Å²) < 4.78 is 0. The van der Waals surface area contributed by atoms with Gasteiger partial charge in [0.15, 0.2) is 0 Å². The van der Waals surface area contributed by atoms with Crippen molar-refractivity contribution in [3.63, 3.8) is 0 Å². The van der Waals surface area contributed by atoms with Crippen LogP contribution < -0.4 is 0 Å². The molecule has 0 spiro atoms. The summed E-state index contributed by atoms with van der Waals surface area (Å²) in [6.45, 7) is 8.46. The minimum atomic E-state index is 0.448. The van der Waals surface area contributed by atoms with Gasteiger partial charge in [0.05, 0.1) is 0 Å². The molecule has 0 aliphatic heterocycles. The third kappa shape index (κ3) is 5.14. The van der Waals surface area contributed by atoms with E-state index in [1.54, 1.807) is 0 Å². The fraction of sp³-hybridized carbons (Fsp3) is 0.407. The Hall–Kier alpha value is -2.26. The molecule has 2 aromatic rings. The van der Waals surface area contributed by atoms with E-state index in [1.807, 2.05) is 6.08 Å². The first-order chi connectivity index (χ1) is 13.2. The van der Waals surface area contributed by atoms with Crippen LogP contribution in [0.4, 0.5) is 0 Å². The fourth-order valence-electron chi connectivity index (χ4n) is 4.11. The van der Waals surface area contributed by atoms with Crippen molar-refractivity contribution in [2.75, 3.05) is 0 Å². The van der Waals surface area contributed by atoms with E-state index in [-0.39, 0.29) is 0 Å². The van der Waals surface area contributed by atoms with Gasteiger partial charge in [-0.25, -0.2) is 0 Å². The lowest BCUT2D eigenvalue weighted by molar-refractivity contribution is 0.309. The van der Waals surface area contributed by atoms with Crippen LogP contribution in [0.15, 0.2) is 61.2 Å². The van der Waals surface area contributed by atoms with Crippen molar-refractivity contribution in [1.29, 1.82) is 0 Å². The molecule has 1 unspecified atom stereocenters. The minimum Gasteiger partial charge on any atom is -0.102 e. The van der Waals surface area contributed by atoms with Gasteiger partial charge in [-0.05, 0) is 66.8 Å². The smallest absolute Gasteiger partial charge is 0.0245 e. The first-order valence-corrected chi connectivity index (χ1v) is 10.6. The molecule has 0 amide bonds. The molecule has 27 heavy (non-hydrogen) atoms. The van der Waals surface area contributed by atoms with Crippen LogP contribution in [-0.2, 0) is 0 Å². The van der Waals surface area contributed by atoms with Gasteiger partial charge in [0, 0.05) is 17.4 Å². The molecule has 0 nitrogen and oxygen atoms in total. The van der Waals surface area contributed by atoms with E-state index in [0.29, 0.717) is 11.8 Å². The summed E-state index contributed by atoms with van der Waals surface area (Å²) in [6, 6.07) is 17.6. The molecule has 1 fully saturated rings. The number of rotatable bonds is 5. The lowest BCUT2D eigenvalue weighted by Crippen LogP contribution is -2.12. The molecule has 1 aliphatic carbocycles. The predicted molar refractivity (Wildman–Crippen MR) is 118 cm³/mol. The van der Waals surface area contributed by atoms with Crippen LogP contribution in [-0.4, -0.2) is 0 Å². The van der Waals surface area contributed by atoms with Gasteiger partial charge in [-0.3, -0.25) is 0 Å². The Balaban J connectivity index is 1.64. The lowest BCUT2D eigenvalue weighted by Gasteiger charge is -2.24. The van der Waals surface area contributed by atoms with Crippen LogP contribution in [0, 0.1) is 23.7 Å². The molecular weight excluding hydrogens is 324 g/mol. The van der Waals surface area contributed by atoms with Crippen molar-refractivity contribution in [1.82, 2.24) is 0 Å². The Kier molecular flexibility index (Phi) is 6.94. The number of hydrogen-bond donors (Lipinski definition) is 0. The van der Waals surface area contributed by atoms with Crippen molar-refractivity contribution in [2.45, 2.75) is 58.3 Å². The summed E-state index contributed by atoms with van der Waals surface area (Å²) in [5.41, 5.74) is 4.99. The van der Waals surface area contributed by atoms with Crippen LogP contribution in [0.1, 0.15) is 69.4 Å². The van der Waals surface area contributed by atoms with Crippen molar-refractivity contribution in [2.24, 2.45) is 11.8 Å². The highest BCUT2D eigenvalue weighted by molar-refractivity contribution is 5.64. The number of benzene rings is 2. The molecule has 1 aliphatic rings. The van der Waals surface area contributed by atoms with Gasteiger partial charge in [0.1, 0.15) is 0 Å². The summed E-state index contributed by atoms with van der Waals surface area (Å²) in [5, 5.41) is 0. The second-order valence-electron chi connectivity index (χ2n) is 7.85. The number of allylic oxidation sites excluding steroid dienone is 1. The molecule has 0 saturated heterocycles. The maximum absolute atomic E-state index is 3.94. The van der Waals surface area contributed by atoms with Crippen molar-refractivity contribution >= 4 is 0 Å². The summed E-state index contributed by atoms with van der Waals surface area (Å²) in [4.78, 5) is 0. The van der Waals surface area contributed by atoms with E-state index >= 15 is 0 Å². The van der Waals surface area contributed by atoms with Gasteiger partial charge in [-0.15, -0.1) is 6.58 Å². The van der Waals surface area contributed by atoms with Gasteiger partial charge in [-0.1, -0.05) is 74.6 Å². The highest BCUT2D eigenvalue weighted by Gasteiger charge is 2.18. The van der Waals surface area contributed by atoms with E-state index in [1.165, 1.54) is 48.8 Å². The lowest BCUT2D eigenvalue weighted by atomic mass is 9.81. The molecule has 0 heterocycles. The van der Waals surface area contributed by atoms with E-state index in [0.717, 1.165) is 17.9 Å². The largest absolute Gasteiger partial charge is 0.102 e. The Bertz CT molecular complexity index is 775. The summed E-state index contributed by atoms with van der Waals surface area (Å²) in [5.74, 6) is 8.90. The van der Waals surface area contributed by atoms with E-state index < -0.39 is 0 Å². The van der Waals surface area contributed by atoms with Gasteiger partial charge in [-0.2, -0.15) is 0 Å². The van der Waals surface area contributed by atoms with Gasteiger partial charge in [0.2, 0.25) is 0 Å². The zero-order valence-corrected chi connectivity index (χ0v) is 16.9. The topological polar surface area (TPSA) is 0 Å². The van der Waals surface area contributed by atoms with Crippen molar-refractivity contribution < 1.29 is 0 Å². The Morgan fingerprint density at radius 3 is 2.04 bits per heavy atom. The monoisotopic (exact) mass is 356 g/mol. The van der Waals surface area contributed by atoms with Crippen molar-refractivity contribution in [3.05, 3.63) is 72.3 Å². The van der Waals surface area contributed by atoms with E-state index in [2.05, 4.69) is 80.8 Å². The van der Waals surface area contributed by atoms with Crippen LogP contribution in [0.5, 0.6) is 0 Å². The zero-order valence-electron chi connectivity index (χ0n) is 16.9. The Morgan fingerprint density at radius 1 is 0.926 bits per heavy atom. The average Bonchev–Trinajstić information content (AvgIpc) is 2.74. The number of hydrogen-bond acceptors (Lipinski definition) is 0. The summed E-state index contributed by atoms with van der Waals surface area (Å²) >= 11 is 0. The van der Waals surface area contributed by atoms with Crippen LogP contribution in [0.2, 0.25) is 0 Å². The normalized spacial score (nSPS) is 20.4. The zero-order chi connectivity index (χ0) is 19.1. The standard InChI is InChI=1S/C27H32/c1-4-21-7-9-22(10-8-21)11-12-23-13-15-26(16-14-23)27-19-17-25(18-20-27)24(5-2)6-3/h5,13-22,24H,2,4,6-10H2,1,3H3. The summed E-state index contributed by atoms with van der Waals surface area (Å²) in [6.07, 6.45) is 9.73. The predicted octanol–water partition coefficient (Wildman–Crippen LogP) is 7.60. The van der Waals surface area contributed by atoms with Gasteiger partial charge < -0.3 is 0 Å². The van der Waals surface area contributed by atoms with E-state index in [4.69, 9.17) is 0 Å².